The van der Waals surface area contributed by atoms with Gasteiger partial charge in [0.05, 0.1) is 6.61 Å². The molecule has 1 aromatic rings. The van der Waals surface area contributed by atoms with Gasteiger partial charge in [-0.05, 0) is 30.5 Å². The number of nitrogens with two attached hydrogens (primary N) is 1. The van der Waals surface area contributed by atoms with Crippen LogP contribution in [0.25, 0.3) is 0 Å². The lowest BCUT2D eigenvalue weighted by Crippen LogP contribution is -2.29. The number of anilines is 1. The Balaban J connectivity index is 1.79. The van der Waals surface area contributed by atoms with E-state index >= 15 is 0 Å². The molecule has 0 saturated carbocycles. The summed E-state index contributed by atoms with van der Waals surface area (Å²) in [6.45, 7) is 2.45. The predicted molar refractivity (Wildman–Crippen MR) is 75.7 cm³/mol. The van der Waals surface area contributed by atoms with Crippen LogP contribution in [0.3, 0.4) is 0 Å². The molecule has 0 aromatic heterocycles. The fraction of sp³-hybridized carbons (Fsp3) is 0.533. The summed E-state index contributed by atoms with van der Waals surface area (Å²) in [5.74, 6) is 0.738. The van der Waals surface area contributed by atoms with E-state index < -0.39 is 0 Å². The second-order valence-corrected chi connectivity index (χ2v) is 5.19. The van der Waals surface area contributed by atoms with Gasteiger partial charge in [-0.3, -0.25) is 4.79 Å². The molecule has 1 saturated heterocycles. The second-order valence-electron chi connectivity index (χ2n) is 5.19. The molecule has 1 aliphatic rings. The molecule has 4 nitrogen and oxygen atoms in total. The Morgan fingerprint density at radius 1 is 1.53 bits per heavy atom. The van der Waals surface area contributed by atoms with Crippen molar-refractivity contribution < 1.29 is 9.53 Å². The summed E-state index contributed by atoms with van der Waals surface area (Å²) in [6, 6.07) is 7.74. The molecule has 104 valence electrons. The number of hydrogen-bond donors (Lipinski definition) is 1. The largest absolute Gasteiger partial charge is 0.399 e. The van der Waals surface area contributed by atoms with Gasteiger partial charge in [0.2, 0.25) is 5.91 Å². The fourth-order valence-corrected chi connectivity index (χ4v) is 2.59. The molecule has 0 spiro atoms. The summed E-state index contributed by atoms with van der Waals surface area (Å²) in [5.41, 5.74) is 7.61. The Hall–Kier alpha value is -1.55. The average Bonchev–Trinajstić information content (AvgIpc) is 2.85. The van der Waals surface area contributed by atoms with Crippen LogP contribution < -0.4 is 5.73 Å². The minimum absolute atomic E-state index is 0.237. The number of benzene rings is 1. The van der Waals surface area contributed by atoms with E-state index in [0.29, 0.717) is 12.3 Å². The van der Waals surface area contributed by atoms with Gasteiger partial charge in [-0.1, -0.05) is 12.1 Å². The van der Waals surface area contributed by atoms with E-state index in [4.69, 9.17) is 10.5 Å². The maximum Gasteiger partial charge on any atom is 0.222 e. The standard InChI is InChI=1S/C15H22N2O2/c1-19-11-13-7-8-17(10-13)15(18)6-5-12-3-2-4-14(16)9-12/h2-4,9,13H,5-8,10-11,16H2,1H3. The van der Waals surface area contributed by atoms with Gasteiger partial charge in [0.15, 0.2) is 0 Å². The topological polar surface area (TPSA) is 55.6 Å². The Kier molecular flexibility index (Phi) is 4.80. The molecule has 2 rings (SSSR count). The predicted octanol–water partition coefficient (Wildman–Crippen LogP) is 1.70. The van der Waals surface area contributed by atoms with Crippen molar-refractivity contribution in [2.24, 2.45) is 5.92 Å². The third-order valence-corrected chi connectivity index (χ3v) is 3.62. The zero-order valence-electron chi connectivity index (χ0n) is 11.5. The summed E-state index contributed by atoms with van der Waals surface area (Å²) < 4.78 is 5.14. The van der Waals surface area contributed by atoms with Crippen LogP contribution in [0.15, 0.2) is 24.3 Å². The van der Waals surface area contributed by atoms with Crippen LogP contribution in [0.2, 0.25) is 0 Å². The molecular formula is C15H22N2O2. The number of nitrogen functional groups attached to an aromatic ring is 1. The number of amides is 1. The Morgan fingerprint density at radius 3 is 3.11 bits per heavy atom. The van der Waals surface area contributed by atoms with Crippen molar-refractivity contribution in [3.8, 4) is 0 Å². The van der Waals surface area contributed by atoms with Crippen LogP contribution in [-0.4, -0.2) is 37.6 Å². The highest BCUT2D eigenvalue weighted by Crippen LogP contribution is 2.18. The van der Waals surface area contributed by atoms with E-state index in [1.165, 1.54) is 0 Å². The quantitative estimate of drug-likeness (QED) is 0.822. The molecule has 2 N–H and O–H groups in total. The molecule has 1 unspecified atom stereocenters. The molecule has 1 aliphatic heterocycles. The van der Waals surface area contributed by atoms with Crippen molar-refractivity contribution in [2.45, 2.75) is 19.3 Å². The highest BCUT2D eigenvalue weighted by molar-refractivity contribution is 5.76. The van der Waals surface area contributed by atoms with Gasteiger partial charge in [0.1, 0.15) is 0 Å². The third kappa shape index (κ3) is 3.96. The first-order chi connectivity index (χ1) is 9.19. The van der Waals surface area contributed by atoms with Crippen molar-refractivity contribution in [3.63, 3.8) is 0 Å². The molecular weight excluding hydrogens is 240 g/mol. The molecule has 1 aromatic carbocycles. The highest BCUT2D eigenvalue weighted by atomic mass is 16.5. The first-order valence-corrected chi connectivity index (χ1v) is 6.80. The van der Waals surface area contributed by atoms with Crippen LogP contribution in [0.4, 0.5) is 5.69 Å². The molecule has 1 atom stereocenters. The number of ether oxygens (including phenoxy) is 1. The first-order valence-electron chi connectivity index (χ1n) is 6.80. The van der Waals surface area contributed by atoms with E-state index in [-0.39, 0.29) is 5.91 Å². The van der Waals surface area contributed by atoms with Gasteiger partial charge in [-0.15, -0.1) is 0 Å². The minimum Gasteiger partial charge on any atom is -0.399 e. The number of methoxy groups -OCH3 is 1. The molecule has 0 radical (unpaired) electrons. The summed E-state index contributed by atoms with van der Waals surface area (Å²) >= 11 is 0. The number of nitrogens with zero attached hydrogens (tertiary/aromatic N) is 1. The normalized spacial score (nSPS) is 18.8. The molecule has 19 heavy (non-hydrogen) atoms. The van der Waals surface area contributed by atoms with Crippen LogP contribution in [0.5, 0.6) is 0 Å². The fourth-order valence-electron chi connectivity index (χ4n) is 2.59. The smallest absolute Gasteiger partial charge is 0.222 e. The Labute approximate surface area is 114 Å². The number of carbonyl (C=O) groups excluding carboxylic acids is 1. The van der Waals surface area contributed by atoms with Crippen molar-refractivity contribution >= 4 is 11.6 Å². The SMILES string of the molecule is COCC1CCN(C(=O)CCc2cccc(N)c2)C1. The maximum atomic E-state index is 12.1. The maximum absolute atomic E-state index is 12.1. The van der Waals surface area contributed by atoms with Crippen molar-refractivity contribution in [3.05, 3.63) is 29.8 Å². The van der Waals surface area contributed by atoms with Gasteiger partial charge in [-0.2, -0.15) is 0 Å². The molecule has 1 amide bonds. The van der Waals surface area contributed by atoms with E-state index in [1.807, 2.05) is 29.2 Å². The third-order valence-electron chi connectivity index (χ3n) is 3.62. The number of hydrogen-bond acceptors (Lipinski definition) is 3. The van der Waals surface area contributed by atoms with Gasteiger partial charge < -0.3 is 15.4 Å². The van der Waals surface area contributed by atoms with Crippen molar-refractivity contribution in [2.75, 3.05) is 32.5 Å². The lowest BCUT2D eigenvalue weighted by Gasteiger charge is -2.16. The Bertz CT molecular complexity index is 434. The van der Waals surface area contributed by atoms with Crippen molar-refractivity contribution in [1.29, 1.82) is 0 Å². The van der Waals surface area contributed by atoms with Crippen molar-refractivity contribution in [1.82, 2.24) is 4.90 Å². The van der Waals surface area contributed by atoms with E-state index in [9.17, 15) is 4.79 Å². The number of rotatable bonds is 5. The Morgan fingerprint density at radius 2 is 2.37 bits per heavy atom. The number of aryl methyl sites for hydroxylation is 1. The zero-order chi connectivity index (χ0) is 13.7. The van der Waals surface area contributed by atoms with Gasteiger partial charge >= 0.3 is 0 Å². The molecule has 0 bridgehead atoms. The van der Waals surface area contributed by atoms with Crippen LogP contribution in [-0.2, 0) is 16.0 Å². The zero-order valence-corrected chi connectivity index (χ0v) is 11.5. The molecule has 1 heterocycles. The first kappa shape index (κ1) is 13.9. The molecule has 4 heteroatoms. The van der Waals surface area contributed by atoms with Gasteiger partial charge in [0, 0.05) is 38.2 Å². The monoisotopic (exact) mass is 262 g/mol. The number of carbonyl (C=O) groups is 1. The lowest BCUT2D eigenvalue weighted by molar-refractivity contribution is -0.130. The average molecular weight is 262 g/mol. The van der Waals surface area contributed by atoms with Crippen LogP contribution >= 0.6 is 0 Å². The summed E-state index contributed by atoms with van der Waals surface area (Å²) in [5, 5.41) is 0. The van der Waals surface area contributed by atoms with Gasteiger partial charge in [-0.25, -0.2) is 0 Å². The summed E-state index contributed by atoms with van der Waals surface area (Å²) in [7, 11) is 1.71. The second kappa shape index (κ2) is 6.57. The van der Waals surface area contributed by atoms with E-state index in [2.05, 4.69) is 0 Å². The van der Waals surface area contributed by atoms with Crippen LogP contribution in [0, 0.1) is 5.92 Å². The lowest BCUT2D eigenvalue weighted by atomic mass is 10.1. The molecule has 0 aliphatic carbocycles. The summed E-state index contributed by atoms with van der Waals surface area (Å²) in [4.78, 5) is 14.1. The van der Waals surface area contributed by atoms with E-state index in [0.717, 1.165) is 43.8 Å². The minimum atomic E-state index is 0.237. The van der Waals surface area contributed by atoms with E-state index in [1.54, 1.807) is 7.11 Å². The summed E-state index contributed by atoms with van der Waals surface area (Å²) in [6.07, 6.45) is 2.37. The highest BCUT2D eigenvalue weighted by Gasteiger charge is 2.25. The van der Waals surface area contributed by atoms with Crippen LogP contribution in [0.1, 0.15) is 18.4 Å². The molecule has 1 fully saturated rings. The number of likely N-dealkylation sites (tertiary alicyclic amines) is 1. The van der Waals surface area contributed by atoms with Gasteiger partial charge in [0.25, 0.3) is 0 Å².